The molecular weight excluding hydrogens is 585 g/mol. The van der Waals surface area contributed by atoms with Crippen LogP contribution in [0.5, 0.6) is 11.5 Å². The van der Waals surface area contributed by atoms with Gasteiger partial charge >= 0.3 is 0 Å². The molecule has 1 aliphatic carbocycles. The van der Waals surface area contributed by atoms with Gasteiger partial charge in [0.2, 0.25) is 11.8 Å². The number of ether oxygens (including phenoxy) is 2. The lowest BCUT2D eigenvalue weighted by Gasteiger charge is -2.33. The van der Waals surface area contributed by atoms with Crippen LogP contribution < -0.4 is 19.1 Å². The van der Waals surface area contributed by atoms with Crippen molar-refractivity contribution in [2.45, 2.75) is 69.5 Å². The Kier molecular flexibility index (Phi) is 10.9. The van der Waals surface area contributed by atoms with Crippen LogP contribution in [0.15, 0.2) is 71.6 Å². The van der Waals surface area contributed by atoms with Gasteiger partial charge in [-0.05, 0) is 57.0 Å². The summed E-state index contributed by atoms with van der Waals surface area (Å²) in [5, 5.41) is 3.04. The maximum atomic E-state index is 14.8. The van der Waals surface area contributed by atoms with Gasteiger partial charge in [-0.3, -0.25) is 13.9 Å². The van der Waals surface area contributed by atoms with Crippen molar-refractivity contribution in [1.29, 1.82) is 0 Å². The van der Waals surface area contributed by atoms with Crippen LogP contribution in [0.25, 0.3) is 0 Å². The molecule has 1 aliphatic rings. The number of amides is 2. The van der Waals surface area contributed by atoms with Crippen LogP contribution in [-0.2, 0) is 26.2 Å². The van der Waals surface area contributed by atoms with Crippen LogP contribution in [0, 0.1) is 12.7 Å². The molecule has 1 unspecified atom stereocenters. The number of aryl methyl sites for hydroxylation is 1. The van der Waals surface area contributed by atoms with E-state index in [4.69, 9.17) is 9.47 Å². The molecule has 2 amide bonds. The number of hydrogen-bond donors (Lipinski definition) is 1. The third-order valence-corrected chi connectivity index (χ3v) is 9.73. The van der Waals surface area contributed by atoms with Gasteiger partial charge in [-0.2, -0.15) is 0 Å². The third kappa shape index (κ3) is 7.68. The number of benzene rings is 3. The Morgan fingerprint density at radius 2 is 1.61 bits per heavy atom. The highest BCUT2D eigenvalue weighted by Crippen LogP contribution is 2.32. The summed E-state index contributed by atoms with van der Waals surface area (Å²) in [4.78, 5) is 28.7. The van der Waals surface area contributed by atoms with E-state index < -0.39 is 34.3 Å². The van der Waals surface area contributed by atoms with Crippen LogP contribution in [-0.4, -0.2) is 58.0 Å². The highest BCUT2D eigenvalue weighted by atomic mass is 32.2. The Hall–Kier alpha value is -4.12. The second-order valence-electron chi connectivity index (χ2n) is 11.0. The summed E-state index contributed by atoms with van der Waals surface area (Å²) in [5.41, 5.74) is 1.37. The summed E-state index contributed by atoms with van der Waals surface area (Å²) in [6.45, 7) is 2.60. The Bertz CT molecular complexity index is 1560. The van der Waals surface area contributed by atoms with E-state index in [1.165, 1.54) is 43.4 Å². The largest absolute Gasteiger partial charge is 0.493 e. The second kappa shape index (κ2) is 14.6. The molecule has 236 valence electrons. The van der Waals surface area contributed by atoms with E-state index in [9.17, 15) is 22.4 Å². The second-order valence-corrected chi connectivity index (χ2v) is 12.9. The summed E-state index contributed by atoms with van der Waals surface area (Å²) >= 11 is 0. The molecule has 44 heavy (non-hydrogen) atoms. The molecule has 0 heterocycles. The minimum Gasteiger partial charge on any atom is -0.493 e. The molecule has 1 fully saturated rings. The zero-order chi connectivity index (χ0) is 31.9. The number of sulfonamides is 1. The number of rotatable bonds is 12. The number of methoxy groups -OCH3 is 2. The average Bonchev–Trinajstić information content (AvgIpc) is 3.03. The van der Waals surface area contributed by atoms with E-state index in [2.05, 4.69) is 5.32 Å². The number of anilines is 1. The molecule has 0 bridgehead atoms. The first-order chi connectivity index (χ1) is 21.0. The fourth-order valence-electron chi connectivity index (χ4n) is 5.31. The van der Waals surface area contributed by atoms with E-state index in [1.54, 1.807) is 49.4 Å². The van der Waals surface area contributed by atoms with Crippen LogP contribution in [0.3, 0.4) is 0 Å². The minimum atomic E-state index is -4.33. The molecule has 1 saturated carbocycles. The number of nitrogens with one attached hydrogen (secondary N) is 1. The van der Waals surface area contributed by atoms with Crippen molar-refractivity contribution in [3.8, 4) is 11.5 Å². The maximum Gasteiger partial charge on any atom is 0.264 e. The first-order valence-corrected chi connectivity index (χ1v) is 16.1. The van der Waals surface area contributed by atoms with Gasteiger partial charge in [0.25, 0.3) is 10.0 Å². The van der Waals surface area contributed by atoms with Crippen LogP contribution >= 0.6 is 0 Å². The molecule has 3 aromatic rings. The fraction of sp³-hybridized carbons (Fsp3) is 0.394. The Morgan fingerprint density at radius 1 is 0.955 bits per heavy atom. The molecule has 1 atom stereocenters. The van der Waals surface area contributed by atoms with Gasteiger partial charge in [0, 0.05) is 24.2 Å². The number of nitrogens with zero attached hydrogens (tertiary/aromatic N) is 2. The number of halogens is 1. The third-order valence-electron chi connectivity index (χ3n) is 7.96. The predicted molar refractivity (Wildman–Crippen MR) is 167 cm³/mol. The van der Waals surface area contributed by atoms with Gasteiger partial charge in [-0.25, -0.2) is 12.8 Å². The highest BCUT2D eigenvalue weighted by Gasteiger charge is 2.34. The molecule has 0 aromatic heterocycles. The van der Waals surface area contributed by atoms with Crippen molar-refractivity contribution >= 4 is 27.5 Å². The molecular formula is C33H40FN3O6S. The normalized spacial score (nSPS) is 14.4. The minimum absolute atomic E-state index is 0.00130. The van der Waals surface area contributed by atoms with Crippen molar-refractivity contribution in [3.63, 3.8) is 0 Å². The molecule has 3 aromatic carbocycles. The van der Waals surface area contributed by atoms with Gasteiger partial charge in [0.05, 0.1) is 24.8 Å². The van der Waals surface area contributed by atoms with E-state index in [1.807, 2.05) is 6.92 Å². The lowest BCUT2D eigenvalue weighted by Crippen LogP contribution is -2.53. The monoisotopic (exact) mass is 625 g/mol. The lowest BCUT2D eigenvalue weighted by molar-refractivity contribution is -0.139. The van der Waals surface area contributed by atoms with Crippen LogP contribution in [0.1, 0.15) is 50.2 Å². The summed E-state index contributed by atoms with van der Waals surface area (Å²) in [7, 11) is -1.48. The summed E-state index contributed by atoms with van der Waals surface area (Å²) in [6.07, 6.45) is 4.84. The molecule has 0 saturated heterocycles. The zero-order valence-corrected chi connectivity index (χ0v) is 26.4. The van der Waals surface area contributed by atoms with Crippen molar-refractivity contribution in [1.82, 2.24) is 10.2 Å². The average molecular weight is 626 g/mol. The topological polar surface area (TPSA) is 105 Å². The predicted octanol–water partition coefficient (Wildman–Crippen LogP) is 5.21. The van der Waals surface area contributed by atoms with Crippen molar-refractivity contribution in [2.24, 2.45) is 0 Å². The van der Waals surface area contributed by atoms with Gasteiger partial charge in [-0.15, -0.1) is 0 Å². The molecule has 0 spiro atoms. The van der Waals surface area contributed by atoms with Gasteiger partial charge in [0.15, 0.2) is 11.5 Å². The van der Waals surface area contributed by atoms with E-state index in [0.717, 1.165) is 42.0 Å². The molecule has 0 aliphatic heterocycles. The molecule has 11 heteroatoms. The maximum absolute atomic E-state index is 14.8. The molecule has 0 radical (unpaired) electrons. The van der Waals surface area contributed by atoms with Gasteiger partial charge in [0.1, 0.15) is 18.4 Å². The summed E-state index contributed by atoms with van der Waals surface area (Å²) in [6, 6.07) is 15.9. The van der Waals surface area contributed by atoms with Gasteiger partial charge < -0.3 is 19.7 Å². The van der Waals surface area contributed by atoms with Crippen molar-refractivity contribution in [2.75, 3.05) is 25.1 Å². The first-order valence-electron chi connectivity index (χ1n) is 14.7. The van der Waals surface area contributed by atoms with Crippen molar-refractivity contribution < 1.29 is 31.9 Å². The SMILES string of the molecule is COc1ccc(S(=O)(=O)N(CC(=O)N(Cc2ccccc2F)C(C)C(=O)NC2CCCCC2)c2ccc(C)cc2)cc1OC. The van der Waals surface area contributed by atoms with E-state index >= 15 is 0 Å². The Labute approximate surface area is 259 Å². The number of carbonyl (C=O) groups excluding carboxylic acids is 2. The zero-order valence-electron chi connectivity index (χ0n) is 25.6. The van der Waals surface area contributed by atoms with Crippen LogP contribution in [0.4, 0.5) is 10.1 Å². The van der Waals surface area contributed by atoms with Gasteiger partial charge in [-0.1, -0.05) is 55.2 Å². The fourth-order valence-corrected chi connectivity index (χ4v) is 6.74. The molecule has 9 nitrogen and oxygen atoms in total. The Morgan fingerprint density at radius 3 is 2.25 bits per heavy atom. The Balaban J connectivity index is 1.71. The number of hydrogen-bond acceptors (Lipinski definition) is 6. The number of carbonyl (C=O) groups is 2. The van der Waals surface area contributed by atoms with E-state index in [0.29, 0.717) is 5.75 Å². The van der Waals surface area contributed by atoms with Crippen LogP contribution in [0.2, 0.25) is 0 Å². The van der Waals surface area contributed by atoms with E-state index in [-0.39, 0.29) is 40.4 Å². The molecule has 1 N–H and O–H groups in total. The summed E-state index contributed by atoms with van der Waals surface area (Å²) in [5.74, 6) is -1.01. The smallest absolute Gasteiger partial charge is 0.264 e. The summed E-state index contributed by atoms with van der Waals surface area (Å²) < 4.78 is 54.7. The lowest BCUT2D eigenvalue weighted by atomic mass is 9.95. The molecule has 4 rings (SSSR count). The van der Waals surface area contributed by atoms with Crippen molar-refractivity contribution in [3.05, 3.63) is 83.7 Å². The highest BCUT2D eigenvalue weighted by molar-refractivity contribution is 7.92. The first kappa shape index (κ1) is 32.8. The quantitative estimate of drug-likeness (QED) is 0.296. The standard InChI is InChI=1S/C33H40FN3O6S/c1-23-14-16-27(17-15-23)37(44(40,41)28-18-19-30(42-3)31(20-28)43-4)22-32(38)36(21-25-10-8-9-13-29(25)34)24(2)33(39)35-26-11-6-5-7-12-26/h8-10,13-20,24,26H,5-7,11-12,21-22H2,1-4H3,(H,35,39).